The summed E-state index contributed by atoms with van der Waals surface area (Å²) in [7, 11) is 0. The Balaban J connectivity index is 2.15. The zero-order chi connectivity index (χ0) is 20.7. The van der Waals surface area contributed by atoms with Crippen LogP contribution in [0.15, 0.2) is 59.5 Å². The molecule has 4 nitrogen and oxygen atoms in total. The van der Waals surface area contributed by atoms with Gasteiger partial charge in [0.15, 0.2) is 0 Å². The third-order valence-electron chi connectivity index (χ3n) is 4.04. The van der Waals surface area contributed by atoms with Crippen LogP contribution in [-0.2, 0) is 16.1 Å². The molecule has 0 saturated heterocycles. The van der Waals surface area contributed by atoms with Gasteiger partial charge in [-0.15, -0.1) is 11.8 Å². The predicted molar refractivity (Wildman–Crippen MR) is 117 cm³/mol. The molecular weight excluding hydrogens is 392 g/mol. The van der Waals surface area contributed by atoms with Crippen LogP contribution in [0.2, 0.25) is 5.02 Å². The van der Waals surface area contributed by atoms with E-state index in [1.807, 2.05) is 63.2 Å². The molecule has 0 fully saturated rings. The highest BCUT2D eigenvalue weighted by Crippen LogP contribution is 2.20. The third kappa shape index (κ3) is 7.21. The maximum absolute atomic E-state index is 13.0. The van der Waals surface area contributed by atoms with Gasteiger partial charge in [0.1, 0.15) is 6.04 Å². The Morgan fingerprint density at radius 2 is 1.68 bits per heavy atom. The normalized spacial score (nSPS) is 12.3. The van der Waals surface area contributed by atoms with E-state index in [4.69, 9.17) is 11.6 Å². The summed E-state index contributed by atoms with van der Waals surface area (Å²) in [5.74, 6) is 0.0185. The number of carbonyl (C=O) groups is 2. The van der Waals surface area contributed by atoms with Crippen LogP contribution in [0.4, 0.5) is 0 Å². The van der Waals surface area contributed by atoms with Crippen molar-refractivity contribution in [2.45, 2.75) is 50.7 Å². The second-order valence-corrected chi connectivity index (χ2v) is 9.15. The Bertz CT molecular complexity index is 788. The Morgan fingerprint density at radius 1 is 1.07 bits per heavy atom. The van der Waals surface area contributed by atoms with Crippen LogP contribution in [0.25, 0.3) is 0 Å². The molecule has 0 heterocycles. The number of nitrogens with one attached hydrogen (secondary N) is 1. The predicted octanol–water partition coefficient (Wildman–Crippen LogP) is 4.76. The van der Waals surface area contributed by atoms with Gasteiger partial charge in [0.25, 0.3) is 0 Å². The maximum atomic E-state index is 13.0. The Labute approximate surface area is 176 Å². The summed E-state index contributed by atoms with van der Waals surface area (Å²) in [5, 5.41) is 3.60. The van der Waals surface area contributed by atoms with E-state index in [0.717, 1.165) is 10.5 Å². The standard InChI is InChI=1S/C22H27ClN2O2S/c1-16(21(27)24-22(2,3)4)25(14-17-10-12-18(23)13-11-17)20(26)15-28-19-8-6-5-7-9-19/h5-13,16H,14-15H2,1-4H3,(H,24,27). The molecule has 1 atom stereocenters. The first-order valence-corrected chi connectivity index (χ1v) is 10.6. The van der Waals surface area contributed by atoms with Crippen molar-refractivity contribution in [3.63, 3.8) is 0 Å². The molecule has 2 aromatic rings. The van der Waals surface area contributed by atoms with E-state index >= 15 is 0 Å². The molecular formula is C22H27ClN2O2S. The molecule has 0 bridgehead atoms. The fourth-order valence-corrected chi connectivity index (χ4v) is 3.52. The van der Waals surface area contributed by atoms with E-state index in [1.54, 1.807) is 24.0 Å². The second-order valence-electron chi connectivity index (χ2n) is 7.67. The van der Waals surface area contributed by atoms with Crippen LogP contribution in [0, 0.1) is 0 Å². The van der Waals surface area contributed by atoms with Crippen molar-refractivity contribution in [3.8, 4) is 0 Å². The van der Waals surface area contributed by atoms with Gasteiger partial charge >= 0.3 is 0 Å². The summed E-state index contributed by atoms with van der Waals surface area (Å²) in [4.78, 5) is 28.3. The third-order valence-corrected chi connectivity index (χ3v) is 5.29. The van der Waals surface area contributed by atoms with Gasteiger partial charge < -0.3 is 10.2 Å². The van der Waals surface area contributed by atoms with Crippen LogP contribution in [0.3, 0.4) is 0 Å². The molecule has 0 radical (unpaired) electrons. The smallest absolute Gasteiger partial charge is 0.242 e. The van der Waals surface area contributed by atoms with Gasteiger partial charge in [-0.05, 0) is 57.5 Å². The van der Waals surface area contributed by atoms with Crippen LogP contribution in [-0.4, -0.2) is 34.0 Å². The first-order chi connectivity index (χ1) is 13.2. The summed E-state index contributed by atoms with van der Waals surface area (Å²) in [6, 6.07) is 16.5. The summed E-state index contributed by atoms with van der Waals surface area (Å²) >= 11 is 7.43. The summed E-state index contributed by atoms with van der Waals surface area (Å²) in [6.45, 7) is 7.89. The van der Waals surface area contributed by atoms with Crippen molar-refractivity contribution in [1.82, 2.24) is 10.2 Å². The highest BCUT2D eigenvalue weighted by atomic mass is 35.5. The van der Waals surface area contributed by atoms with E-state index in [9.17, 15) is 9.59 Å². The van der Waals surface area contributed by atoms with Crippen molar-refractivity contribution in [1.29, 1.82) is 0 Å². The van der Waals surface area contributed by atoms with Gasteiger partial charge in [-0.3, -0.25) is 9.59 Å². The van der Waals surface area contributed by atoms with Crippen molar-refractivity contribution in [3.05, 3.63) is 65.2 Å². The Hall–Kier alpha value is -1.98. The number of benzene rings is 2. The number of thioether (sulfide) groups is 1. The minimum atomic E-state index is -0.584. The van der Waals surface area contributed by atoms with Gasteiger partial charge in [0.05, 0.1) is 5.75 Å². The quantitative estimate of drug-likeness (QED) is 0.659. The number of rotatable bonds is 7. The van der Waals surface area contributed by atoms with E-state index in [-0.39, 0.29) is 23.1 Å². The van der Waals surface area contributed by atoms with Gasteiger partial charge in [-0.1, -0.05) is 41.9 Å². The number of nitrogens with zero attached hydrogens (tertiary/aromatic N) is 1. The van der Waals surface area contributed by atoms with Crippen molar-refractivity contribution in [2.75, 3.05) is 5.75 Å². The second kappa shape index (κ2) is 9.99. The SMILES string of the molecule is CC(C(=O)NC(C)(C)C)N(Cc1ccc(Cl)cc1)C(=O)CSc1ccccc1. The van der Waals surface area contributed by atoms with Crippen LogP contribution >= 0.6 is 23.4 Å². The number of halogens is 1. The minimum Gasteiger partial charge on any atom is -0.350 e. The zero-order valence-corrected chi connectivity index (χ0v) is 18.3. The monoisotopic (exact) mass is 418 g/mol. The molecule has 0 aromatic heterocycles. The van der Waals surface area contributed by atoms with Crippen LogP contribution in [0.1, 0.15) is 33.3 Å². The Kier molecular flexibility index (Phi) is 7.96. The van der Waals surface area contributed by atoms with E-state index in [2.05, 4.69) is 5.32 Å². The molecule has 6 heteroatoms. The molecule has 150 valence electrons. The molecule has 0 aliphatic carbocycles. The number of hydrogen-bond donors (Lipinski definition) is 1. The lowest BCUT2D eigenvalue weighted by molar-refractivity contribution is -0.139. The van der Waals surface area contributed by atoms with Gasteiger partial charge in [0, 0.05) is 22.0 Å². The average Bonchev–Trinajstić information content (AvgIpc) is 2.64. The molecule has 2 amide bonds. The lowest BCUT2D eigenvalue weighted by Crippen LogP contribution is -2.52. The molecule has 28 heavy (non-hydrogen) atoms. The molecule has 1 unspecified atom stereocenters. The number of carbonyl (C=O) groups excluding carboxylic acids is 2. The van der Waals surface area contributed by atoms with Crippen molar-refractivity contribution in [2.24, 2.45) is 0 Å². The lowest BCUT2D eigenvalue weighted by Gasteiger charge is -2.31. The summed E-state index contributed by atoms with van der Waals surface area (Å²) < 4.78 is 0. The molecule has 0 aliphatic rings. The largest absolute Gasteiger partial charge is 0.350 e. The minimum absolute atomic E-state index is 0.0830. The first-order valence-electron chi connectivity index (χ1n) is 9.19. The summed E-state index contributed by atoms with van der Waals surface area (Å²) in [6.07, 6.45) is 0. The fraction of sp³-hybridized carbons (Fsp3) is 0.364. The topological polar surface area (TPSA) is 49.4 Å². The van der Waals surface area contributed by atoms with Crippen LogP contribution < -0.4 is 5.32 Å². The van der Waals surface area contributed by atoms with E-state index in [0.29, 0.717) is 11.6 Å². The average molecular weight is 419 g/mol. The molecule has 0 aliphatic heterocycles. The van der Waals surface area contributed by atoms with Crippen molar-refractivity contribution < 1.29 is 9.59 Å². The molecule has 2 rings (SSSR count). The van der Waals surface area contributed by atoms with Gasteiger partial charge in [-0.2, -0.15) is 0 Å². The molecule has 1 N–H and O–H groups in total. The highest BCUT2D eigenvalue weighted by Gasteiger charge is 2.28. The Morgan fingerprint density at radius 3 is 2.25 bits per heavy atom. The van der Waals surface area contributed by atoms with Crippen LogP contribution in [0.5, 0.6) is 0 Å². The highest BCUT2D eigenvalue weighted by molar-refractivity contribution is 8.00. The van der Waals surface area contributed by atoms with E-state index in [1.165, 1.54) is 11.8 Å². The maximum Gasteiger partial charge on any atom is 0.242 e. The molecule has 0 saturated carbocycles. The zero-order valence-electron chi connectivity index (χ0n) is 16.7. The first kappa shape index (κ1) is 22.3. The van der Waals surface area contributed by atoms with Crippen molar-refractivity contribution >= 4 is 35.2 Å². The van der Waals surface area contributed by atoms with Gasteiger partial charge in [-0.25, -0.2) is 0 Å². The summed E-state index contributed by atoms with van der Waals surface area (Å²) in [5.41, 5.74) is 0.567. The molecule has 0 spiro atoms. The molecule has 2 aromatic carbocycles. The lowest BCUT2D eigenvalue weighted by atomic mass is 10.1. The van der Waals surface area contributed by atoms with E-state index < -0.39 is 6.04 Å². The number of amides is 2. The van der Waals surface area contributed by atoms with Gasteiger partial charge in [0.2, 0.25) is 11.8 Å². The number of hydrogen-bond acceptors (Lipinski definition) is 3. The fourth-order valence-electron chi connectivity index (χ4n) is 2.59.